The molecule has 6 nitrogen and oxygen atoms in total. The number of aryl methyl sites for hydroxylation is 3. The fourth-order valence-electron chi connectivity index (χ4n) is 3.36. The van der Waals surface area contributed by atoms with E-state index in [0.29, 0.717) is 11.4 Å². The van der Waals surface area contributed by atoms with Gasteiger partial charge >= 0.3 is 0 Å². The molecule has 3 aromatic heterocycles. The lowest BCUT2D eigenvalue weighted by Crippen LogP contribution is -2.15. The van der Waals surface area contributed by atoms with E-state index in [0.717, 1.165) is 15.3 Å². The van der Waals surface area contributed by atoms with E-state index in [9.17, 15) is 13.6 Å². The van der Waals surface area contributed by atoms with E-state index < -0.39 is 18.0 Å². The number of thiazole rings is 1. The van der Waals surface area contributed by atoms with Crippen LogP contribution in [0.4, 0.5) is 13.9 Å². The fourth-order valence-corrected chi connectivity index (χ4v) is 4.39. The summed E-state index contributed by atoms with van der Waals surface area (Å²) in [7, 11) is 0. The highest BCUT2D eigenvalue weighted by molar-refractivity contribution is 7.16. The second-order valence-electron chi connectivity index (χ2n) is 7.05. The SMILES string of the molecule is Cc1cccc(-c2nc(NC(=O)c3c(C)nn(-c4ccccc4Cl)c3C(F)F)sc2C)n1. The highest BCUT2D eigenvalue weighted by atomic mass is 35.5. The van der Waals surface area contributed by atoms with Crippen LogP contribution in [-0.4, -0.2) is 25.7 Å². The maximum absolute atomic E-state index is 14.0. The molecule has 32 heavy (non-hydrogen) atoms. The number of halogens is 3. The summed E-state index contributed by atoms with van der Waals surface area (Å²) in [5.41, 5.74) is 1.84. The van der Waals surface area contributed by atoms with E-state index >= 15 is 0 Å². The van der Waals surface area contributed by atoms with Crippen molar-refractivity contribution >= 4 is 34.0 Å². The lowest BCUT2D eigenvalue weighted by molar-refractivity contribution is 0.100. The molecule has 0 aliphatic carbocycles. The second-order valence-corrected chi connectivity index (χ2v) is 8.66. The number of carbonyl (C=O) groups excluding carboxylic acids is 1. The third-order valence-electron chi connectivity index (χ3n) is 4.76. The fraction of sp³-hybridized carbons (Fsp3) is 0.182. The quantitative estimate of drug-likeness (QED) is 0.377. The Balaban J connectivity index is 1.71. The van der Waals surface area contributed by atoms with Crippen molar-refractivity contribution in [2.24, 2.45) is 0 Å². The molecule has 4 rings (SSSR count). The Morgan fingerprint density at radius 1 is 1.09 bits per heavy atom. The van der Waals surface area contributed by atoms with E-state index in [4.69, 9.17) is 11.6 Å². The molecule has 0 saturated heterocycles. The standard InChI is InChI=1S/C22H18ClF2N5OS/c1-11-7-6-9-15(26-11)18-13(3)32-22(27-18)28-21(31)17-12(2)29-30(19(17)20(24)25)16-10-5-4-8-14(16)23/h4-10,20H,1-3H3,(H,27,28,31). The van der Waals surface area contributed by atoms with Crippen molar-refractivity contribution in [3.05, 3.63) is 75.0 Å². The number of amides is 1. The first kappa shape index (κ1) is 22.0. The zero-order valence-corrected chi connectivity index (χ0v) is 18.9. The highest BCUT2D eigenvalue weighted by Crippen LogP contribution is 2.33. The van der Waals surface area contributed by atoms with Gasteiger partial charge in [0, 0.05) is 10.6 Å². The van der Waals surface area contributed by atoms with E-state index in [-0.39, 0.29) is 27.1 Å². The van der Waals surface area contributed by atoms with Crippen LogP contribution in [0.25, 0.3) is 17.1 Å². The minimum absolute atomic E-state index is 0.159. The van der Waals surface area contributed by atoms with Crippen molar-refractivity contribution in [3.8, 4) is 17.1 Å². The summed E-state index contributed by atoms with van der Waals surface area (Å²) in [5.74, 6) is -0.714. The molecular weight excluding hydrogens is 456 g/mol. The van der Waals surface area contributed by atoms with Crippen LogP contribution in [0.2, 0.25) is 5.02 Å². The summed E-state index contributed by atoms with van der Waals surface area (Å²) in [6, 6.07) is 12.0. The number of hydrogen-bond acceptors (Lipinski definition) is 5. The summed E-state index contributed by atoms with van der Waals surface area (Å²) in [6.07, 6.45) is -2.95. The highest BCUT2D eigenvalue weighted by Gasteiger charge is 2.29. The molecule has 1 aromatic carbocycles. The first-order valence-corrected chi connectivity index (χ1v) is 10.8. The molecule has 10 heteroatoms. The Bertz CT molecular complexity index is 1320. The van der Waals surface area contributed by atoms with Gasteiger partial charge in [-0.05, 0) is 45.0 Å². The summed E-state index contributed by atoms with van der Waals surface area (Å²) < 4.78 is 29.1. The van der Waals surface area contributed by atoms with Crippen LogP contribution >= 0.6 is 22.9 Å². The normalized spacial score (nSPS) is 11.2. The van der Waals surface area contributed by atoms with Gasteiger partial charge in [0.25, 0.3) is 12.3 Å². The van der Waals surface area contributed by atoms with Crippen LogP contribution in [0.3, 0.4) is 0 Å². The summed E-state index contributed by atoms with van der Waals surface area (Å²) in [6.45, 7) is 5.24. The van der Waals surface area contributed by atoms with Gasteiger partial charge in [0.1, 0.15) is 11.4 Å². The van der Waals surface area contributed by atoms with Crippen molar-refractivity contribution < 1.29 is 13.6 Å². The van der Waals surface area contributed by atoms with Crippen LogP contribution in [0.5, 0.6) is 0 Å². The predicted molar refractivity (Wildman–Crippen MR) is 121 cm³/mol. The van der Waals surface area contributed by atoms with Gasteiger partial charge in [-0.2, -0.15) is 5.10 Å². The Hall–Kier alpha value is -3.17. The first-order chi connectivity index (χ1) is 15.3. The van der Waals surface area contributed by atoms with Crippen molar-refractivity contribution in [1.29, 1.82) is 0 Å². The third-order valence-corrected chi connectivity index (χ3v) is 5.96. The average Bonchev–Trinajstić information content (AvgIpc) is 3.27. The van der Waals surface area contributed by atoms with E-state index in [1.165, 1.54) is 18.3 Å². The van der Waals surface area contributed by atoms with Crippen LogP contribution in [0.15, 0.2) is 42.5 Å². The molecule has 0 saturated carbocycles. The number of benzene rings is 1. The van der Waals surface area contributed by atoms with Gasteiger partial charge in [0.15, 0.2) is 5.13 Å². The smallest absolute Gasteiger partial charge is 0.281 e. The monoisotopic (exact) mass is 473 g/mol. The van der Waals surface area contributed by atoms with Crippen LogP contribution < -0.4 is 5.32 Å². The summed E-state index contributed by atoms with van der Waals surface area (Å²) in [5, 5.41) is 7.34. The third kappa shape index (κ3) is 4.13. The van der Waals surface area contributed by atoms with E-state index in [1.54, 1.807) is 24.3 Å². The number of nitrogens with zero attached hydrogens (tertiary/aromatic N) is 4. The lowest BCUT2D eigenvalue weighted by atomic mass is 10.1. The van der Waals surface area contributed by atoms with Crippen molar-refractivity contribution in [3.63, 3.8) is 0 Å². The number of hydrogen-bond donors (Lipinski definition) is 1. The number of anilines is 1. The van der Waals surface area contributed by atoms with E-state index in [1.807, 2.05) is 32.0 Å². The summed E-state index contributed by atoms with van der Waals surface area (Å²) >= 11 is 7.42. The number of carbonyl (C=O) groups is 1. The van der Waals surface area contributed by atoms with Crippen molar-refractivity contribution in [1.82, 2.24) is 19.7 Å². The molecule has 0 aliphatic rings. The molecule has 0 fully saturated rings. The predicted octanol–water partition coefficient (Wildman–Crippen LogP) is 6.16. The molecule has 0 spiro atoms. The second kappa shape index (κ2) is 8.76. The van der Waals surface area contributed by atoms with Crippen LogP contribution in [0.1, 0.15) is 38.7 Å². The lowest BCUT2D eigenvalue weighted by Gasteiger charge is -2.10. The van der Waals surface area contributed by atoms with E-state index in [2.05, 4.69) is 20.4 Å². The molecule has 1 amide bonds. The maximum Gasteiger partial charge on any atom is 0.281 e. The zero-order chi connectivity index (χ0) is 23.0. The average molecular weight is 474 g/mol. The molecule has 0 aliphatic heterocycles. The van der Waals surface area contributed by atoms with Gasteiger partial charge in [0.05, 0.1) is 27.7 Å². The largest absolute Gasteiger partial charge is 0.298 e. The molecule has 0 atom stereocenters. The van der Waals surface area contributed by atoms with Crippen molar-refractivity contribution in [2.75, 3.05) is 5.32 Å². The van der Waals surface area contributed by atoms with Gasteiger partial charge < -0.3 is 0 Å². The number of alkyl halides is 2. The van der Waals surface area contributed by atoms with Gasteiger partial charge in [-0.15, -0.1) is 11.3 Å². The van der Waals surface area contributed by atoms with Crippen LogP contribution in [0, 0.1) is 20.8 Å². The van der Waals surface area contributed by atoms with Gasteiger partial charge in [-0.25, -0.2) is 18.4 Å². The minimum atomic E-state index is -2.95. The topological polar surface area (TPSA) is 72.7 Å². The Kier molecular flexibility index (Phi) is 6.03. The number of aromatic nitrogens is 4. The molecule has 4 aromatic rings. The molecule has 3 heterocycles. The summed E-state index contributed by atoms with van der Waals surface area (Å²) in [4.78, 5) is 22.8. The molecule has 0 unspecified atom stereocenters. The molecule has 164 valence electrons. The maximum atomic E-state index is 14.0. The number of nitrogens with one attached hydrogen (secondary N) is 1. The van der Waals surface area contributed by atoms with Gasteiger partial charge in [-0.1, -0.05) is 29.8 Å². The van der Waals surface area contributed by atoms with Gasteiger partial charge in [0.2, 0.25) is 0 Å². The van der Waals surface area contributed by atoms with Crippen LogP contribution in [-0.2, 0) is 0 Å². The molecule has 0 radical (unpaired) electrons. The molecule has 1 N–H and O–H groups in total. The zero-order valence-electron chi connectivity index (χ0n) is 17.4. The Morgan fingerprint density at radius 2 is 1.84 bits per heavy atom. The minimum Gasteiger partial charge on any atom is -0.298 e. The molecular formula is C22H18ClF2N5OS. The van der Waals surface area contributed by atoms with Crippen molar-refractivity contribution in [2.45, 2.75) is 27.2 Å². The Morgan fingerprint density at radius 3 is 2.53 bits per heavy atom. The van der Waals surface area contributed by atoms with Gasteiger partial charge in [-0.3, -0.25) is 15.1 Å². The Labute approximate surface area is 191 Å². The molecule has 0 bridgehead atoms. The number of rotatable bonds is 5. The number of pyridine rings is 1. The number of para-hydroxylation sites is 1. The first-order valence-electron chi connectivity index (χ1n) is 9.61.